The maximum atomic E-state index is 14.3. The number of esters is 3. The van der Waals surface area contributed by atoms with Crippen LogP contribution in [-0.2, 0) is 19.0 Å². The average molecular weight is 294 g/mol. The third kappa shape index (κ3) is 2.05. The van der Waals surface area contributed by atoms with Gasteiger partial charge < -0.3 is 14.2 Å². The zero-order chi connectivity index (χ0) is 15.2. The van der Waals surface area contributed by atoms with Crippen molar-refractivity contribution in [1.82, 2.24) is 0 Å². The summed E-state index contributed by atoms with van der Waals surface area (Å²) in [5.41, 5.74) is -2.50. The lowest BCUT2D eigenvalue weighted by atomic mass is 10.0. The molecule has 0 unspecified atom stereocenters. The monoisotopic (exact) mass is 294 g/mol. The number of benzene rings is 1. The minimum absolute atomic E-state index is 0.0226. The highest BCUT2D eigenvalue weighted by Crippen LogP contribution is 2.34. The van der Waals surface area contributed by atoms with Crippen molar-refractivity contribution >= 4 is 17.9 Å². The van der Waals surface area contributed by atoms with Crippen LogP contribution >= 0.6 is 0 Å². The predicted octanol–water partition coefficient (Wildman–Crippen LogP) is 1.04. The van der Waals surface area contributed by atoms with Crippen LogP contribution in [0.5, 0.6) is 0 Å². The van der Waals surface area contributed by atoms with Crippen molar-refractivity contribution in [2.24, 2.45) is 0 Å². The quantitative estimate of drug-likeness (QED) is 0.525. The molecule has 110 valence electrons. The Labute approximate surface area is 118 Å². The Kier molecular flexibility index (Phi) is 2.93. The summed E-state index contributed by atoms with van der Waals surface area (Å²) in [6.07, 6.45) is -2.62. The van der Waals surface area contributed by atoms with Gasteiger partial charge in [-0.3, -0.25) is 0 Å². The molecule has 2 aliphatic rings. The van der Waals surface area contributed by atoms with Gasteiger partial charge in [-0.1, -0.05) is 12.1 Å². The van der Waals surface area contributed by atoms with E-state index in [1.165, 1.54) is 18.2 Å². The van der Waals surface area contributed by atoms with Gasteiger partial charge in [0.25, 0.3) is 0 Å². The van der Waals surface area contributed by atoms with Crippen LogP contribution in [0.15, 0.2) is 24.3 Å². The van der Waals surface area contributed by atoms with Crippen LogP contribution in [0.1, 0.15) is 27.6 Å². The molecule has 7 heteroatoms. The first kappa shape index (κ1) is 13.5. The number of hydrogen-bond acceptors (Lipinski definition) is 6. The number of cyclic esters (lactones) is 1. The predicted molar refractivity (Wildman–Crippen MR) is 65.3 cm³/mol. The van der Waals surface area contributed by atoms with E-state index in [1.54, 1.807) is 6.07 Å². The normalized spacial score (nSPS) is 31.8. The summed E-state index contributed by atoms with van der Waals surface area (Å²) < 4.78 is 29.2. The van der Waals surface area contributed by atoms with E-state index in [0.717, 1.165) is 6.92 Å². The Hall–Kier alpha value is -2.44. The van der Waals surface area contributed by atoms with E-state index in [2.05, 4.69) is 0 Å². The summed E-state index contributed by atoms with van der Waals surface area (Å²) in [6.45, 7) is 0.593. The van der Waals surface area contributed by atoms with Gasteiger partial charge in [0.2, 0.25) is 5.67 Å². The molecule has 1 aromatic carbocycles. The molecule has 3 atom stereocenters. The highest BCUT2D eigenvalue weighted by molar-refractivity contribution is 6.03. The lowest BCUT2D eigenvalue weighted by molar-refractivity contribution is -0.150. The van der Waals surface area contributed by atoms with E-state index in [0.29, 0.717) is 0 Å². The smallest absolute Gasteiger partial charge is 0.348 e. The van der Waals surface area contributed by atoms with E-state index in [1.807, 2.05) is 0 Å². The summed E-state index contributed by atoms with van der Waals surface area (Å²) in [4.78, 5) is 35.5. The van der Waals surface area contributed by atoms with Crippen LogP contribution in [0, 0.1) is 0 Å². The molecule has 1 saturated heterocycles. The first-order chi connectivity index (χ1) is 9.91. The molecular formula is C14H11FO6. The second-order valence-corrected chi connectivity index (χ2v) is 4.99. The summed E-state index contributed by atoms with van der Waals surface area (Å²) >= 11 is 0. The SMILES string of the molecule is C[C@]1(F)C(=O)O[C@@H]2COC(=O)c3ccccc3C(=O)O[C@H]21. The Morgan fingerprint density at radius 1 is 1.10 bits per heavy atom. The number of rotatable bonds is 0. The number of hydrogen-bond donors (Lipinski definition) is 0. The summed E-state index contributed by atoms with van der Waals surface area (Å²) in [7, 11) is 0. The van der Waals surface area contributed by atoms with Crippen molar-refractivity contribution in [2.75, 3.05) is 6.61 Å². The number of fused-ring (bicyclic) bond motifs is 2. The molecule has 21 heavy (non-hydrogen) atoms. The lowest BCUT2D eigenvalue weighted by Crippen LogP contribution is -2.43. The number of carbonyl (C=O) groups is 3. The topological polar surface area (TPSA) is 78.9 Å². The molecule has 0 N–H and O–H groups in total. The lowest BCUT2D eigenvalue weighted by Gasteiger charge is -2.21. The van der Waals surface area contributed by atoms with E-state index >= 15 is 0 Å². The third-order valence-corrected chi connectivity index (χ3v) is 3.51. The first-order valence-electron chi connectivity index (χ1n) is 6.28. The van der Waals surface area contributed by atoms with Gasteiger partial charge in [-0.05, 0) is 19.1 Å². The van der Waals surface area contributed by atoms with Gasteiger partial charge in [-0.2, -0.15) is 0 Å². The summed E-state index contributed by atoms with van der Waals surface area (Å²) in [5, 5.41) is 0. The Bertz CT molecular complexity index is 638. The molecule has 1 fully saturated rings. The van der Waals surface area contributed by atoms with Crippen molar-refractivity contribution in [3.05, 3.63) is 35.4 Å². The molecule has 0 bridgehead atoms. The molecule has 1 aromatic rings. The highest BCUT2D eigenvalue weighted by atomic mass is 19.1. The molecular weight excluding hydrogens is 283 g/mol. The van der Waals surface area contributed by atoms with Crippen LogP contribution in [0.4, 0.5) is 4.39 Å². The van der Waals surface area contributed by atoms with Gasteiger partial charge in [0.05, 0.1) is 11.1 Å². The van der Waals surface area contributed by atoms with E-state index < -0.39 is 35.8 Å². The van der Waals surface area contributed by atoms with Gasteiger partial charge in [0.15, 0.2) is 12.2 Å². The van der Waals surface area contributed by atoms with E-state index in [-0.39, 0.29) is 17.7 Å². The molecule has 0 spiro atoms. The number of alkyl halides is 1. The molecule has 0 saturated carbocycles. The van der Waals surface area contributed by atoms with Crippen molar-refractivity contribution in [1.29, 1.82) is 0 Å². The minimum Gasteiger partial charge on any atom is -0.458 e. The second kappa shape index (κ2) is 4.54. The van der Waals surface area contributed by atoms with Gasteiger partial charge in [-0.15, -0.1) is 0 Å². The molecule has 2 heterocycles. The Morgan fingerprint density at radius 3 is 2.38 bits per heavy atom. The van der Waals surface area contributed by atoms with Gasteiger partial charge >= 0.3 is 17.9 Å². The molecule has 6 nitrogen and oxygen atoms in total. The summed E-state index contributed by atoms with van der Waals surface area (Å²) in [6, 6.07) is 5.87. The van der Waals surface area contributed by atoms with Crippen LogP contribution in [0.2, 0.25) is 0 Å². The van der Waals surface area contributed by atoms with Crippen LogP contribution in [-0.4, -0.2) is 42.4 Å². The van der Waals surface area contributed by atoms with Crippen molar-refractivity contribution in [3.63, 3.8) is 0 Å². The third-order valence-electron chi connectivity index (χ3n) is 3.51. The average Bonchev–Trinajstić information content (AvgIpc) is 2.69. The van der Waals surface area contributed by atoms with Gasteiger partial charge in [0.1, 0.15) is 6.61 Å². The number of halogens is 1. The number of ether oxygens (including phenoxy) is 3. The molecule has 3 rings (SSSR count). The molecule has 2 aliphatic heterocycles. The maximum Gasteiger partial charge on any atom is 0.348 e. The molecule has 0 radical (unpaired) electrons. The van der Waals surface area contributed by atoms with Crippen molar-refractivity contribution < 1.29 is 33.0 Å². The first-order valence-corrected chi connectivity index (χ1v) is 6.28. The van der Waals surface area contributed by atoms with Crippen molar-refractivity contribution in [2.45, 2.75) is 24.8 Å². The number of carbonyl (C=O) groups excluding carboxylic acids is 3. The Balaban J connectivity index is 2.03. The minimum atomic E-state index is -2.48. The second-order valence-electron chi connectivity index (χ2n) is 4.99. The van der Waals surface area contributed by atoms with Crippen LogP contribution in [0.3, 0.4) is 0 Å². The van der Waals surface area contributed by atoms with Crippen LogP contribution in [0.25, 0.3) is 0 Å². The standard InChI is InChI=1S/C14H11FO6/c1-14(15)10-9(20-13(14)18)6-19-11(16)7-4-2-3-5-8(7)12(17)21-10/h2-5,9-10H,6H2,1H3/t9-,10-,14-/m1/s1. The highest BCUT2D eigenvalue weighted by Gasteiger charge is 2.58. The Morgan fingerprint density at radius 2 is 1.71 bits per heavy atom. The van der Waals surface area contributed by atoms with E-state index in [9.17, 15) is 18.8 Å². The fraction of sp³-hybridized carbons (Fsp3) is 0.357. The fourth-order valence-electron chi connectivity index (χ4n) is 2.34. The van der Waals surface area contributed by atoms with Gasteiger partial charge in [-0.25, -0.2) is 18.8 Å². The van der Waals surface area contributed by atoms with Crippen molar-refractivity contribution in [3.8, 4) is 0 Å². The maximum absolute atomic E-state index is 14.3. The van der Waals surface area contributed by atoms with E-state index in [4.69, 9.17) is 14.2 Å². The molecule has 0 amide bonds. The fourth-order valence-corrected chi connectivity index (χ4v) is 2.34. The summed E-state index contributed by atoms with van der Waals surface area (Å²) in [5.74, 6) is -2.80. The molecule has 0 aromatic heterocycles. The zero-order valence-electron chi connectivity index (χ0n) is 11.0. The largest absolute Gasteiger partial charge is 0.458 e. The van der Waals surface area contributed by atoms with Crippen LogP contribution < -0.4 is 0 Å². The zero-order valence-corrected chi connectivity index (χ0v) is 11.0. The molecule has 0 aliphatic carbocycles. The van der Waals surface area contributed by atoms with Gasteiger partial charge in [0, 0.05) is 0 Å².